The monoisotopic (exact) mass is 315 g/mol. The minimum atomic E-state index is -0.467. The van der Waals surface area contributed by atoms with Crippen LogP contribution in [0.1, 0.15) is 39.4 Å². The Balaban J connectivity index is 2.19. The zero-order valence-electron chi connectivity index (χ0n) is 11.1. The van der Waals surface area contributed by atoms with Crippen molar-refractivity contribution in [1.29, 1.82) is 0 Å². The van der Waals surface area contributed by atoms with Gasteiger partial charge >= 0.3 is 6.09 Å². The van der Waals surface area contributed by atoms with Crippen molar-refractivity contribution in [3.63, 3.8) is 0 Å². The molecule has 0 saturated heterocycles. The first kappa shape index (κ1) is 13.4. The summed E-state index contributed by atoms with van der Waals surface area (Å²) in [7, 11) is 0. The third-order valence-corrected chi connectivity index (χ3v) is 3.52. The van der Waals surface area contributed by atoms with Crippen LogP contribution in [-0.4, -0.2) is 32.7 Å². The van der Waals surface area contributed by atoms with Crippen LogP contribution in [0.5, 0.6) is 0 Å². The van der Waals surface area contributed by atoms with E-state index in [1.165, 1.54) is 0 Å². The molecule has 0 radical (unpaired) electrons. The molecule has 6 heteroatoms. The molecule has 18 heavy (non-hydrogen) atoms. The van der Waals surface area contributed by atoms with Gasteiger partial charge in [0, 0.05) is 13.1 Å². The van der Waals surface area contributed by atoms with E-state index < -0.39 is 5.60 Å². The van der Waals surface area contributed by atoms with Gasteiger partial charge in [-0.2, -0.15) is 0 Å². The molecule has 1 aliphatic heterocycles. The number of ether oxygens (including phenoxy) is 1. The highest BCUT2D eigenvalue weighted by Gasteiger charge is 2.32. The molecule has 5 nitrogen and oxygen atoms in total. The number of halogens is 1. The van der Waals surface area contributed by atoms with Gasteiger partial charge in [-0.15, -0.1) is 0 Å². The summed E-state index contributed by atoms with van der Waals surface area (Å²) in [4.78, 5) is 18.1. The Kier molecular flexibility index (Phi) is 3.40. The van der Waals surface area contributed by atoms with Gasteiger partial charge in [0.1, 0.15) is 10.2 Å². The van der Waals surface area contributed by atoms with E-state index in [-0.39, 0.29) is 12.1 Å². The Morgan fingerprint density at radius 3 is 2.78 bits per heavy atom. The number of carbonyl (C=O) groups excluding carboxylic acids is 1. The Bertz CT molecular complexity index is 464. The standard InChI is InChI=1S/C12H18BrN3O2/c1-8-9-10(13)14-7-15(9)5-6-16(8)11(17)18-12(2,3)4/h7-8H,5-6H2,1-4H3/t8-/m1/s1. The Morgan fingerprint density at radius 2 is 2.17 bits per heavy atom. The first-order valence-electron chi connectivity index (χ1n) is 6.00. The van der Waals surface area contributed by atoms with Gasteiger partial charge in [0.2, 0.25) is 0 Å². The molecule has 0 unspecified atom stereocenters. The average molecular weight is 316 g/mol. The van der Waals surface area contributed by atoms with Crippen LogP contribution in [-0.2, 0) is 11.3 Å². The molecule has 100 valence electrons. The minimum Gasteiger partial charge on any atom is -0.444 e. The molecular formula is C12H18BrN3O2. The lowest BCUT2D eigenvalue weighted by atomic mass is 10.1. The third kappa shape index (κ3) is 2.53. The van der Waals surface area contributed by atoms with Gasteiger partial charge < -0.3 is 9.30 Å². The lowest BCUT2D eigenvalue weighted by Gasteiger charge is -2.35. The maximum Gasteiger partial charge on any atom is 0.410 e. The summed E-state index contributed by atoms with van der Waals surface area (Å²) in [5.74, 6) is 0. The smallest absolute Gasteiger partial charge is 0.410 e. The minimum absolute atomic E-state index is 0.0366. The topological polar surface area (TPSA) is 47.4 Å². The van der Waals surface area contributed by atoms with Crippen molar-refractivity contribution in [3.8, 4) is 0 Å². The van der Waals surface area contributed by atoms with Crippen molar-refractivity contribution in [2.75, 3.05) is 6.54 Å². The van der Waals surface area contributed by atoms with E-state index in [0.717, 1.165) is 16.8 Å². The summed E-state index contributed by atoms with van der Waals surface area (Å²) in [6.45, 7) is 9.00. The fourth-order valence-corrected chi connectivity index (χ4v) is 2.74. The van der Waals surface area contributed by atoms with Crippen LogP contribution >= 0.6 is 15.9 Å². The molecule has 0 saturated carbocycles. The van der Waals surface area contributed by atoms with E-state index in [4.69, 9.17) is 4.74 Å². The number of imidazole rings is 1. The van der Waals surface area contributed by atoms with Crippen molar-refractivity contribution in [3.05, 3.63) is 16.6 Å². The highest BCUT2D eigenvalue weighted by atomic mass is 79.9. The van der Waals surface area contributed by atoms with Crippen molar-refractivity contribution in [1.82, 2.24) is 14.5 Å². The molecule has 0 bridgehead atoms. The summed E-state index contributed by atoms with van der Waals surface area (Å²) in [6, 6.07) is -0.0366. The Labute approximate surface area is 115 Å². The largest absolute Gasteiger partial charge is 0.444 e. The van der Waals surface area contributed by atoms with E-state index in [2.05, 4.69) is 25.5 Å². The molecule has 1 aromatic heterocycles. The van der Waals surface area contributed by atoms with Crippen LogP contribution < -0.4 is 0 Å². The molecule has 1 aromatic rings. The van der Waals surface area contributed by atoms with Gasteiger partial charge in [0.25, 0.3) is 0 Å². The van der Waals surface area contributed by atoms with Crippen LogP contribution in [0.15, 0.2) is 10.9 Å². The fourth-order valence-electron chi connectivity index (χ4n) is 2.08. The van der Waals surface area contributed by atoms with E-state index in [9.17, 15) is 4.79 Å². The summed E-state index contributed by atoms with van der Waals surface area (Å²) < 4.78 is 8.28. The van der Waals surface area contributed by atoms with Crippen LogP contribution in [0.25, 0.3) is 0 Å². The number of aromatic nitrogens is 2. The highest BCUT2D eigenvalue weighted by Crippen LogP contribution is 2.31. The Morgan fingerprint density at radius 1 is 1.50 bits per heavy atom. The number of hydrogen-bond acceptors (Lipinski definition) is 3. The summed E-state index contributed by atoms with van der Waals surface area (Å²) in [5.41, 5.74) is 0.554. The van der Waals surface area contributed by atoms with Crippen LogP contribution in [0.4, 0.5) is 4.79 Å². The van der Waals surface area contributed by atoms with Crippen LogP contribution in [0, 0.1) is 0 Å². The van der Waals surface area contributed by atoms with Gasteiger partial charge in [0.05, 0.1) is 18.1 Å². The number of rotatable bonds is 0. The second-order valence-corrected chi connectivity index (χ2v) is 6.21. The quantitative estimate of drug-likeness (QED) is 0.739. The Hall–Kier alpha value is -1.04. The van der Waals surface area contributed by atoms with Crippen molar-refractivity contribution >= 4 is 22.0 Å². The summed E-state index contributed by atoms with van der Waals surface area (Å²) >= 11 is 3.42. The van der Waals surface area contributed by atoms with Gasteiger partial charge in [-0.1, -0.05) is 0 Å². The fraction of sp³-hybridized carbons (Fsp3) is 0.667. The lowest BCUT2D eigenvalue weighted by Crippen LogP contribution is -2.43. The summed E-state index contributed by atoms with van der Waals surface area (Å²) in [6.07, 6.45) is 1.52. The third-order valence-electron chi connectivity index (χ3n) is 2.90. The SMILES string of the molecule is C[C@@H]1c2c(Br)ncn2CCN1C(=O)OC(C)(C)C. The van der Waals surface area contributed by atoms with E-state index in [1.807, 2.05) is 27.7 Å². The molecule has 0 aromatic carbocycles. The number of fused-ring (bicyclic) bond motifs is 1. The number of amides is 1. The zero-order valence-corrected chi connectivity index (χ0v) is 12.7. The van der Waals surface area contributed by atoms with Crippen molar-refractivity contribution in [2.45, 2.75) is 45.9 Å². The molecule has 2 rings (SSSR count). The molecule has 0 fully saturated rings. The van der Waals surface area contributed by atoms with E-state index in [1.54, 1.807) is 11.2 Å². The van der Waals surface area contributed by atoms with E-state index in [0.29, 0.717) is 6.54 Å². The molecule has 0 N–H and O–H groups in total. The van der Waals surface area contributed by atoms with Crippen molar-refractivity contribution in [2.24, 2.45) is 0 Å². The highest BCUT2D eigenvalue weighted by molar-refractivity contribution is 9.10. The predicted molar refractivity (Wildman–Crippen MR) is 71.3 cm³/mol. The zero-order chi connectivity index (χ0) is 13.5. The normalized spacial score (nSPS) is 19.6. The van der Waals surface area contributed by atoms with E-state index >= 15 is 0 Å². The molecule has 1 aliphatic rings. The number of carbonyl (C=O) groups is 1. The van der Waals surface area contributed by atoms with Crippen LogP contribution in [0.2, 0.25) is 0 Å². The maximum absolute atomic E-state index is 12.1. The second-order valence-electron chi connectivity index (χ2n) is 5.46. The van der Waals surface area contributed by atoms with Gasteiger partial charge in [-0.3, -0.25) is 4.90 Å². The molecule has 0 spiro atoms. The molecule has 0 aliphatic carbocycles. The van der Waals surface area contributed by atoms with Gasteiger partial charge in [0.15, 0.2) is 0 Å². The molecular weight excluding hydrogens is 298 g/mol. The van der Waals surface area contributed by atoms with Crippen LogP contribution in [0.3, 0.4) is 0 Å². The molecule has 1 amide bonds. The first-order chi connectivity index (χ1) is 8.29. The maximum atomic E-state index is 12.1. The van der Waals surface area contributed by atoms with Crippen molar-refractivity contribution < 1.29 is 9.53 Å². The molecule has 1 atom stereocenters. The average Bonchev–Trinajstić information content (AvgIpc) is 2.58. The first-order valence-corrected chi connectivity index (χ1v) is 6.79. The van der Waals surface area contributed by atoms with Gasteiger partial charge in [-0.25, -0.2) is 9.78 Å². The number of hydrogen-bond donors (Lipinski definition) is 0. The predicted octanol–water partition coefficient (Wildman–Crippen LogP) is 2.96. The van der Waals surface area contributed by atoms with Gasteiger partial charge in [-0.05, 0) is 43.6 Å². The molecule has 2 heterocycles. The lowest BCUT2D eigenvalue weighted by molar-refractivity contribution is 0.0126. The summed E-state index contributed by atoms with van der Waals surface area (Å²) in [5, 5.41) is 0. The second kappa shape index (κ2) is 4.57. The number of nitrogens with zero attached hydrogens (tertiary/aromatic N) is 3.